The molecule has 0 fully saturated rings. The highest BCUT2D eigenvalue weighted by Gasteiger charge is 2.36. The Morgan fingerprint density at radius 1 is 1.14 bits per heavy atom. The highest BCUT2D eigenvalue weighted by atomic mass is 32.2. The van der Waals surface area contributed by atoms with Crippen molar-refractivity contribution >= 4 is 31.6 Å². The van der Waals surface area contributed by atoms with Crippen LogP contribution in [-0.4, -0.2) is 82.2 Å². The van der Waals surface area contributed by atoms with Crippen molar-refractivity contribution in [1.82, 2.24) is 9.21 Å². The number of hydrogen-bond acceptors (Lipinski definition) is 7. The fourth-order valence-corrected chi connectivity index (χ4v) is 5.63. The highest BCUT2D eigenvalue weighted by molar-refractivity contribution is 7.92. The molecule has 0 aromatic heterocycles. The normalized spacial score (nSPS) is 19.9. The van der Waals surface area contributed by atoms with Gasteiger partial charge in [-0.05, 0) is 31.2 Å². The number of rotatable bonds is 8. The van der Waals surface area contributed by atoms with Gasteiger partial charge in [0.25, 0.3) is 5.91 Å². The first-order chi connectivity index (χ1) is 16.3. The number of sulfonamides is 2. The van der Waals surface area contributed by atoms with Crippen molar-refractivity contribution in [3.63, 3.8) is 0 Å². The van der Waals surface area contributed by atoms with Gasteiger partial charge in [-0.15, -0.1) is 0 Å². The predicted octanol–water partition coefficient (Wildman–Crippen LogP) is 1.60. The lowest BCUT2D eigenvalue weighted by Crippen LogP contribution is -2.50. The molecule has 1 aliphatic rings. The Bertz CT molecular complexity index is 1270. The minimum Gasteiger partial charge on any atom is -0.486 e. The van der Waals surface area contributed by atoms with Crippen molar-refractivity contribution in [2.45, 2.75) is 30.9 Å². The zero-order valence-electron chi connectivity index (χ0n) is 20.1. The van der Waals surface area contributed by atoms with E-state index in [-0.39, 0.29) is 47.5 Å². The summed E-state index contributed by atoms with van der Waals surface area (Å²) in [6.07, 6.45) is 0.249. The number of aliphatic hydroxyl groups is 1. The molecule has 0 bridgehead atoms. The van der Waals surface area contributed by atoms with E-state index in [1.165, 1.54) is 46.6 Å². The molecule has 1 heterocycles. The maximum atomic E-state index is 13.4. The van der Waals surface area contributed by atoms with Gasteiger partial charge >= 0.3 is 0 Å². The van der Waals surface area contributed by atoms with Crippen LogP contribution in [0, 0.1) is 5.92 Å². The number of anilines is 1. The van der Waals surface area contributed by atoms with Crippen LogP contribution in [0.3, 0.4) is 0 Å². The van der Waals surface area contributed by atoms with E-state index in [1.54, 1.807) is 25.1 Å². The fraction of sp³-hybridized carbons (Fsp3) is 0.435. The molecular formula is C23H31N3O7S2. The number of carbonyl (C=O) groups excluding carboxylic acids is 1. The SMILES string of the molecule is C[C@H]1CN([C@@H](C)CO)C(=O)c2cccc(NS(C)(=O)=O)c2O[C@H]1CN(C)S(=O)(=O)c1ccccc1. The molecule has 0 aliphatic carbocycles. The van der Waals surface area contributed by atoms with E-state index < -0.39 is 38.1 Å². The Balaban J connectivity index is 2.06. The second-order valence-corrected chi connectivity index (χ2v) is 12.6. The number of para-hydroxylation sites is 1. The molecule has 35 heavy (non-hydrogen) atoms. The van der Waals surface area contributed by atoms with Crippen LogP contribution in [0.15, 0.2) is 53.4 Å². The molecule has 0 saturated heterocycles. The van der Waals surface area contributed by atoms with Gasteiger partial charge in [0.1, 0.15) is 6.10 Å². The molecule has 3 atom stereocenters. The Labute approximate surface area is 206 Å². The molecule has 10 nitrogen and oxygen atoms in total. The lowest BCUT2D eigenvalue weighted by Gasteiger charge is -2.38. The van der Waals surface area contributed by atoms with Crippen molar-refractivity contribution in [3.05, 3.63) is 54.1 Å². The molecule has 2 N–H and O–H groups in total. The number of nitrogens with one attached hydrogen (secondary N) is 1. The number of hydrogen-bond donors (Lipinski definition) is 2. The maximum absolute atomic E-state index is 13.4. The zero-order chi connectivity index (χ0) is 26.0. The van der Waals surface area contributed by atoms with Gasteiger partial charge in [0.15, 0.2) is 5.75 Å². The average molecular weight is 526 g/mol. The van der Waals surface area contributed by atoms with Gasteiger partial charge in [0, 0.05) is 19.5 Å². The summed E-state index contributed by atoms with van der Waals surface area (Å²) in [6.45, 7) is 3.39. The molecule has 192 valence electrons. The molecule has 2 aromatic rings. The van der Waals surface area contributed by atoms with Crippen LogP contribution in [-0.2, 0) is 20.0 Å². The smallest absolute Gasteiger partial charge is 0.258 e. The first kappa shape index (κ1) is 26.9. The minimum atomic E-state index is -3.82. The van der Waals surface area contributed by atoms with E-state index in [0.717, 1.165) is 6.26 Å². The van der Waals surface area contributed by atoms with Crippen molar-refractivity contribution < 1.29 is 31.5 Å². The summed E-state index contributed by atoms with van der Waals surface area (Å²) in [6, 6.07) is 12.0. The number of nitrogens with zero attached hydrogens (tertiary/aromatic N) is 2. The first-order valence-corrected chi connectivity index (χ1v) is 14.4. The van der Waals surface area contributed by atoms with Gasteiger partial charge in [-0.2, -0.15) is 4.31 Å². The standard InChI is InChI=1S/C23H31N3O7S2/c1-16-13-26(17(2)15-27)23(28)19-11-8-12-20(24-34(4,29)30)22(19)33-21(16)14-25(3)35(31,32)18-9-6-5-7-10-18/h5-12,16-17,21,24,27H,13-15H2,1-4H3/t16-,17-,21-/m0/s1. The van der Waals surface area contributed by atoms with Gasteiger partial charge in [-0.25, -0.2) is 16.8 Å². The predicted molar refractivity (Wildman–Crippen MR) is 132 cm³/mol. The van der Waals surface area contributed by atoms with Gasteiger partial charge in [0.05, 0.1) is 41.6 Å². The number of ether oxygens (including phenoxy) is 1. The second kappa shape index (κ2) is 10.5. The minimum absolute atomic E-state index is 0.0140. The summed E-state index contributed by atoms with van der Waals surface area (Å²) in [4.78, 5) is 15.0. The lowest BCUT2D eigenvalue weighted by molar-refractivity contribution is 0.0389. The van der Waals surface area contributed by atoms with Crippen molar-refractivity contribution in [2.75, 3.05) is 37.7 Å². The van der Waals surface area contributed by atoms with Crippen molar-refractivity contribution in [2.24, 2.45) is 5.92 Å². The summed E-state index contributed by atoms with van der Waals surface area (Å²) >= 11 is 0. The number of carbonyl (C=O) groups is 1. The zero-order valence-corrected chi connectivity index (χ0v) is 21.7. The van der Waals surface area contributed by atoms with Gasteiger partial charge < -0.3 is 14.7 Å². The van der Waals surface area contributed by atoms with E-state index in [9.17, 15) is 26.7 Å². The summed E-state index contributed by atoms with van der Waals surface area (Å²) in [5.74, 6) is -0.768. The van der Waals surface area contributed by atoms with Crippen LogP contribution in [0.5, 0.6) is 5.75 Å². The maximum Gasteiger partial charge on any atom is 0.258 e. The summed E-state index contributed by atoms with van der Waals surface area (Å²) in [7, 11) is -6.08. The van der Waals surface area contributed by atoms with E-state index in [4.69, 9.17) is 4.74 Å². The third-order valence-corrected chi connectivity index (χ3v) is 8.30. The number of likely N-dealkylation sites (N-methyl/N-ethyl adjacent to an activating group) is 1. The van der Waals surface area contributed by atoms with Gasteiger partial charge in [-0.3, -0.25) is 9.52 Å². The molecular weight excluding hydrogens is 494 g/mol. The van der Waals surface area contributed by atoms with Crippen LogP contribution >= 0.6 is 0 Å². The van der Waals surface area contributed by atoms with Crippen molar-refractivity contribution in [1.29, 1.82) is 0 Å². The Morgan fingerprint density at radius 3 is 2.40 bits per heavy atom. The lowest BCUT2D eigenvalue weighted by atomic mass is 9.99. The number of fused-ring (bicyclic) bond motifs is 1. The van der Waals surface area contributed by atoms with Crippen LogP contribution in [0.4, 0.5) is 5.69 Å². The Morgan fingerprint density at radius 2 is 1.80 bits per heavy atom. The molecule has 12 heteroatoms. The van der Waals surface area contributed by atoms with E-state index in [2.05, 4.69) is 4.72 Å². The van der Waals surface area contributed by atoms with Gasteiger partial charge in [0.2, 0.25) is 20.0 Å². The first-order valence-electron chi connectivity index (χ1n) is 11.1. The molecule has 2 aromatic carbocycles. The largest absolute Gasteiger partial charge is 0.486 e. The third kappa shape index (κ3) is 6.13. The van der Waals surface area contributed by atoms with Crippen LogP contribution < -0.4 is 9.46 Å². The highest BCUT2D eigenvalue weighted by Crippen LogP contribution is 2.35. The molecule has 0 radical (unpaired) electrons. The number of benzene rings is 2. The van der Waals surface area contributed by atoms with Gasteiger partial charge in [-0.1, -0.05) is 31.2 Å². The molecule has 3 rings (SSSR count). The Kier molecular flexibility index (Phi) is 8.10. The summed E-state index contributed by atoms with van der Waals surface area (Å²) < 4.78 is 59.9. The molecule has 1 aliphatic heterocycles. The van der Waals surface area contributed by atoms with Crippen LogP contribution in [0.25, 0.3) is 0 Å². The third-order valence-electron chi connectivity index (χ3n) is 5.87. The monoisotopic (exact) mass is 525 g/mol. The van der Waals surface area contributed by atoms with E-state index in [0.29, 0.717) is 0 Å². The molecule has 0 saturated carbocycles. The molecule has 0 spiro atoms. The quantitative estimate of drug-likeness (QED) is 0.535. The topological polar surface area (TPSA) is 133 Å². The van der Waals surface area contributed by atoms with E-state index >= 15 is 0 Å². The summed E-state index contributed by atoms with van der Waals surface area (Å²) in [5, 5.41) is 9.75. The van der Waals surface area contributed by atoms with Crippen LogP contribution in [0.1, 0.15) is 24.2 Å². The molecule has 0 unspecified atom stereocenters. The van der Waals surface area contributed by atoms with Crippen LogP contribution in [0.2, 0.25) is 0 Å². The van der Waals surface area contributed by atoms with E-state index in [1.807, 2.05) is 6.92 Å². The number of amides is 1. The average Bonchev–Trinajstić information content (AvgIpc) is 2.80. The number of aliphatic hydroxyl groups excluding tert-OH is 1. The Hall–Kier alpha value is -2.67. The fourth-order valence-electron chi connectivity index (χ4n) is 3.87. The second-order valence-electron chi connectivity index (χ2n) is 8.78. The summed E-state index contributed by atoms with van der Waals surface area (Å²) in [5.41, 5.74) is 0.187. The van der Waals surface area contributed by atoms with Crippen molar-refractivity contribution in [3.8, 4) is 5.75 Å². The molecule has 1 amide bonds.